The van der Waals surface area contributed by atoms with Crippen LogP contribution in [-0.4, -0.2) is 74.9 Å². The molecule has 0 saturated heterocycles. The first kappa shape index (κ1) is 29.8. The quantitative estimate of drug-likeness (QED) is 0.335. The van der Waals surface area contributed by atoms with Crippen LogP contribution in [0.5, 0.6) is 5.75 Å². The number of anilines is 1. The highest BCUT2D eigenvalue weighted by atomic mass is 16.5. The minimum absolute atomic E-state index is 0.0232. The van der Waals surface area contributed by atoms with Crippen LogP contribution in [0.25, 0.3) is 0 Å². The number of nitrogens with one attached hydrogen (secondary N) is 2. The molecule has 9 nitrogen and oxygen atoms in total. The molecule has 1 aliphatic heterocycles. The van der Waals surface area contributed by atoms with Gasteiger partial charge in [0.25, 0.3) is 5.91 Å². The third-order valence-corrected chi connectivity index (χ3v) is 8.83. The van der Waals surface area contributed by atoms with E-state index >= 15 is 0 Å². The van der Waals surface area contributed by atoms with Crippen molar-refractivity contribution in [2.45, 2.75) is 45.4 Å². The molecule has 2 aromatic carbocycles. The number of hydrogen-bond acceptors (Lipinski definition) is 8. The molecule has 224 valence electrons. The Morgan fingerprint density at radius 1 is 1.00 bits per heavy atom. The molecular formula is C33H43N5O4. The van der Waals surface area contributed by atoms with Gasteiger partial charge in [-0.2, -0.15) is 0 Å². The lowest BCUT2D eigenvalue weighted by Gasteiger charge is -2.21. The molecule has 4 atom stereocenters. The number of hydrogen-bond donors (Lipinski definition) is 2. The van der Waals surface area contributed by atoms with Crippen molar-refractivity contribution in [3.63, 3.8) is 0 Å². The van der Waals surface area contributed by atoms with Crippen molar-refractivity contribution in [3.05, 3.63) is 59.7 Å². The van der Waals surface area contributed by atoms with Gasteiger partial charge in [0, 0.05) is 29.9 Å². The molecule has 1 amide bonds. The van der Waals surface area contributed by atoms with E-state index in [2.05, 4.69) is 39.4 Å². The Balaban J connectivity index is 1.02. The summed E-state index contributed by atoms with van der Waals surface area (Å²) >= 11 is 0. The van der Waals surface area contributed by atoms with E-state index in [-0.39, 0.29) is 24.3 Å². The van der Waals surface area contributed by atoms with Crippen LogP contribution in [0.2, 0.25) is 0 Å². The number of carbonyl (C=O) groups excluding carboxylic acids is 2. The fourth-order valence-corrected chi connectivity index (χ4v) is 6.26. The van der Waals surface area contributed by atoms with Crippen LogP contribution in [0.15, 0.2) is 58.5 Å². The molecule has 1 heterocycles. The van der Waals surface area contributed by atoms with Gasteiger partial charge in [-0.3, -0.25) is 14.6 Å². The number of fused-ring (bicyclic) bond motifs is 2. The lowest BCUT2D eigenvalue weighted by atomic mass is 9.90. The van der Waals surface area contributed by atoms with Crippen molar-refractivity contribution < 1.29 is 19.1 Å². The van der Waals surface area contributed by atoms with E-state index in [1.807, 2.05) is 42.6 Å². The maximum Gasteiger partial charge on any atom is 0.325 e. The van der Waals surface area contributed by atoms with E-state index in [0.29, 0.717) is 43.1 Å². The summed E-state index contributed by atoms with van der Waals surface area (Å²) in [7, 11) is 0. The third kappa shape index (κ3) is 7.97. The number of benzene rings is 2. The van der Waals surface area contributed by atoms with E-state index < -0.39 is 0 Å². The highest BCUT2D eigenvalue weighted by molar-refractivity contribution is 6.00. The molecule has 2 aliphatic carbocycles. The molecule has 0 radical (unpaired) electrons. The van der Waals surface area contributed by atoms with Crippen LogP contribution in [0, 0.1) is 17.8 Å². The largest absolute Gasteiger partial charge is 0.492 e. The molecule has 5 rings (SSSR count). The van der Waals surface area contributed by atoms with Gasteiger partial charge in [0.15, 0.2) is 0 Å². The van der Waals surface area contributed by atoms with Crippen molar-refractivity contribution in [1.29, 1.82) is 0 Å². The number of ether oxygens (including phenoxy) is 2. The average Bonchev–Trinajstić information content (AvgIpc) is 3.66. The Bertz CT molecular complexity index is 1260. The number of likely N-dealkylation sites (N-methyl/N-ethyl adjacent to an activating group) is 1. The van der Waals surface area contributed by atoms with Gasteiger partial charge in [0.05, 0.1) is 13.2 Å². The van der Waals surface area contributed by atoms with Gasteiger partial charge >= 0.3 is 5.97 Å². The van der Waals surface area contributed by atoms with Gasteiger partial charge in [-0.25, -0.2) is 4.99 Å². The molecule has 0 aromatic heterocycles. The summed E-state index contributed by atoms with van der Waals surface area (Å²) in [6.45, 7) is 8.84. The Labute approximate surface area is 248 Å². The summed E-state index contributed by atoms with van der Waals surface area (Å²) in [5.41, 5.74) is 2.42. The van der Waals surface area contributed by atoms with E-state index in [1.165, 1.54) is 25.7 Å². The Morgan fingerprint density at radius 3 is 2.43 bits per heavy atom. The molecule has 2 bridgehead atoms. The summed E-state index contributed by atoms with van der Waals surface area (Å²) in [6, 6.07) is 15.2. The second kappa shape index (κ2) is 14.4. The normalized spacial score (nSPS) is 22.6. The lowest BCUT2D eigenvalue weighted by Crippen LogP contribution is -2.32. The predicted octanol–water partition coefficient (Wildman–Crippen LogP) is 4.75. The summed E-state index contributed by atoms with van der Waals surface area (Å²) in [5.74, 6) is 2.78. The van der Waals surface area contributed by atoms with Gasteiger partial charge in [0.1, 0.15) is 18.9 Å². The first-order valence-corrected chi connectivity index (χ1v) is 15.3. The first-order chi connectivity index (χ1) is 20.5. The van der Waals surface area contributed by atoms with E-state index in [4.69, 9.17) is 9.47 Å². The van der Waals surface area contributed by atoms with Gasteiger partial charge in [-0.15, -0.1) is 0 Å². The predicted molar refractivity (Wildman–Crippen MR) is 166 cm³/mol. The monoisotopic (exact) mass is 573 g/mol. The standard InChI is InChI=1S/C33H43N5O4/c1-3-38(4-2)15-16-41-30-13-11-29(12-14-30)37-33-35-19-28(20-36-33)24-7-9-25(10-8-24)32(40)34-21-31(39)42-22-27-18-23-5-6-26(27)17-23/h7-14,19,23,26-28H,3-6,15-18,20-22H2,1-2H3,(H,34,40)(H,36,37). The second-order valence-electron chi connectivity index (χ2n) is 11.5. The molecule has 3 aliphatic rings. The average molecular weight is 574 g/mol. The Hall–Kier alpha value is -3.72. The van der Waals surface area contributed by atoms with Crippen LogP contribution in [-0.2, 0) is 9.53 Å². The van der Waals surface area contributed by atoms with Crippen molar-refractivity contribution in [2.24, 2.45) is 27.7 Å². The maximum atomic E-state index is 12.6. The van der Waals surface area contributed by atoms with E-state index in [9.17, 15) is 9.59 Å². The van der Waals surface area contributed by atoms with Crippen LogP contribution in [0.3, 0.4) is 0 Å². The van der Waals surface area contributed by atoms with Crippen molar-refractivity contribution in [1.82, 2.24) is 10.2 Å². The number of guanidine groups is 1. The van der Waals surface area contributed by atoms with Crippen LogP contribution < -0.4 is 15.4 Å². The summed E-state index contributed by atoms with van der Waals surface area (Å²) in [6.07, 6.45) is 6.93. The van der Waals surface area contributed by atoms with Crippen molar-refractivity contribution >= 4 is 29.7 Å². The third-order valence-electron chi connectivity index (χ3n) is 8.83. The topological polar surface area (TPSA) is 105 Å². The zero-order valence-corrected chi connectivity index (χ0v) is 24.8. The molecule has 2 fully saturated rings. The molecule has 9 heteroatoms. The summed E-state index contributed by atoms with van der Waals surface area (Å²) < 4.78 is 11.3. The molecule has 0 spiro atoms. The fraction of sp³-hybridized carbons (Fsp3) is 0.515. The Kier molecular flexibility index (Phi) is 10.2. The van der Waals surface area contributed by atoms with Gasteiger partial charge in [0.2, 0.25) is 5.96 Å². The number of nitrogens with zero attached hydrogens (tertiary/aromatic N) is 3. The minimum atomic E-state index is -0.376. The molecule has 2 saturated carbocycles. The number of rotatable bonds is 13. The number of amides is 1. The lowest BCUT2D eigenvalue weighted by molar-refractivity contribution is -0.144. The summed E-state index contributed by atoms with van der Waals surface area (Å²) in [4.78, 5) is 36.1. The molecule has 4 unspecified atom stereocenters. The number of aliphatic imine (C=N–C) groups is 2. The number of esters is 1. The maximum absolute atomic E-state index is 12.6. The first-order valence-electron chi connectivity index (χ1n) is 15.3. The van der Waals surface area contributed by atoms with Gasteiger partial charge in [-0.05, 0) is 92.1 Å². The zero-order chi connectivity index (χ0) is 29.3. The van der Waals surface area contributed by atoms with E-state index in [0.717, 1.165) is 42.6 Å². The van der Waals surface area contributed by atoms with Crippen LogP contribution >= 0.6 is 0 Å². The smallest absolute Gasteiger partial charge is 0.325 e. The van der Waals surface area contributed by atoms with Crippen LogP contribution in [0.4, 0.5) is 5.69 Å². The highest BCUT2D eigenvalue weighted by Crippen LogP contribution is 2.48. The fourth-order valence-electron chi connectivity index (χ4n) is 6.26. The van der Waals surface area contributed by atoms with Crippen molar-refractivity contribution in [2.75, 3.05) is 51.3 Å². The van der Waals surface area contributed by atoms with Crippen LogP contribution in [0.1, 0.15) is 61.4 Å². The SMILES string of the molecule is CCN(CC)CCOc1ccc(NC2=NCC(c3ccc(C(=O)NCC(=O)OCC4CC5CCC4C5)cc3)C=N2)cc1. The molecule has 2 N–H and O–H groups in total. The highest BCUT2D eigenvalue weighted by Gasteiger charge is 2.39. The van der Waals surface area contributed by atoms with Gasteiger partial charge in [-0.1, -0.05) is 32.4 Å². The zero-order valence-electron chi connectivity index (χ0n) is 24.8. The molecular weight excluding hydrogens is 530 g/mol. The Morgan fingerprint density at radius 2 is 1.79 bits per heavy atom. The molecule has 2 aromatic rings. The second-order valence-corrected chi connectivity index (χ2v) is 11.5. The van der Waals surface area contributed by atoms with Crippen molar-refractivity contribution in [3.8, 4) is 5.75 Å². The van der Waals surface area contributed by atoms with Gasteiger partial charge < -0.3 is 25.0 Å². The van der Waals surface area contributed by atoms with E-state index in [1.54, 1.807) is 12.1 Å². The number of carbonyl (C=O) groups is 2. The minimum Gasteiger partial charge on any atom is -0.492 e. The summed E-state index contributed by atoms with van der Waals surface area (Å²) in [5, 5.41) is 5.93. The molecule has 42 heavy (non-hydrogen) atoms.